The third-order valence-electron chi connectivity index (χ3n) is 6.37. The number of benzene rings is 2. The molecule has 0 saturated carbocycles. The highest BCUT2D eigenvalue weighted by atomic mass is 127. The third kappa shape index (κ3) is 6.75. The Morgan fingerprint density at radius 3 is 2.03 bits per heavy atom. The molecule has 0 aromatic heterocycles. The Balaban J connectivity index is 1.95. The van der Waals surface area contributed by atoms with Crippen LogP contribution in [0.2, 0.25) is 0 Å². The van der Waals surface area contributed by atoms with E-state index in [0.717, 1.165) is 12.1 Å². The van der Waals surface area contributed by atoms with Crippen molar-refractivity contribution < 1.29 is 40.6 Å². The Hall–Kier alpha value is -2.22. The van der Waals surface area contributed by atoms with Gasteiger partial charge in [0.1, 0.15) is 5.60 Å². The highest BCUT2D eigenvalue weighted by Gasteiger charge is 2.73. The van der Waals surface area contributed by atoms with Crippen molar-refractivity contribution in [1.29, 1.82) is 0 Å². The highest BCUT2D eigenvalue weighted by molar-refractivity contribution is 14.1. The fourth-order valence-corrected chi connectivity index (χ4v) is 5.32. The van der Waals surface area contributed by atoms with Crippen LogP contribution in [-0.4, -0.2) is 54.1 Å². The molecule has 1 fully saturated rings. The lowest BCUT2D eigenvalue weighted by Gasteiger charge is -2.45. The quantitative estimate of drug-likeness (QED) is 0.242. The van der Waals surface area contributed by atoms with E-state index >= 15 is 0 Å². The maximum absolute atomic E-state index is 14.3. The second kappa shape index (κ2) is 11.3. The van der Waals surface area contributed by atoms with Gasteiger partial charge in [-0.05, 0) is 74.9 Å². The minimum absolute atomic E-state index is 0.173. The van der Waals surface area contributed by atoms with Crippen molar-refractivity contribution in [3.8, 4) is 0 Å². The number of amides is 1. The zero-order valence-electron chi connectivity index (χ0n) is 22.2. The lowest BCUT2D eigenvalue weighted by molar-refractivity contribution is -0.392. The van der Waals surface area contributed by atoms with Crippen LogP contribution in [-0.2, 0) is 21.7 Å². The minimum Gasteiger partial charge on any atom is -0.444 e. The zero-order chi connectivity index (χ0) is 29.4. The number of halogens is 7. The first-order chi connectivity index (χ1) is 17.9. The molecular weight excluding hydrogens is 641 g/mol. The van der Waals surface area contributed by atoms with Gasteiger partial charge in [0.25, 0.3) is 5.60 Å². The fourth-order valence-electron chi connectivity index (χ4n) is 4.50. The predicted octanol–water partition coefficient (Wildman–Crippen LogP) is 7.66. The smallest absolute Gasteiger partial charge is 0.430 e. The van der Waals surface area contributed by atoms with Crippen molar-refractivity contribution >= 4 is 34.4 Å². The van der Waals surface area contributed by atoms with Gasteiger partial charge >= 0.3 is 18.4 Å². The summed E-state index contributed by atoms with van der Waals surface area (Å²) in [4.78, 5) is 16.1. The van der Waals surface area contributed by atoms with Crippen LogP contribution in [0.25, 0.3) is 0 Å². The second-order valence-electron chi connectivity index (χ2n) is 10.6. The molecule has 0 aliphatic carbocycles. The fraction of sp³-hybridized carbons (Fsp3) is 0.519. The van der Waals surface area contributed by atoms with Crippen LogP contribution in [0.4, 0.5) is 36.8 Å². The summed E-state index contributed by atoms with van der Waals surface area (Å²) in [5.41, 5.74) is -5.63. The van der Waals surface area contributed by atoms with Crippen LogP contribution in [0.1, 0.15) is 45.7 Å². The summed E-state index contributed by atoms with van der Waals surface area (Å²) in [6.07, 6.45) is -12.1. The molecule has 1 saturated heterocycles. The molecule has 0 radical (unpaired) electrons. The number of ether oxygens (including phenoxy) is 2. The molecule has 2 atom stereocenters. The number of carbonyl (C=O) groups is 1. The van der Waals surface area contributed by atoms with Gasteiger partial charge in [-0.15, -0.1) is 0 Å². The van der Waals surface area contributed by atoms with Crippen molar-refractivity contribution in [2.45, 2.75) is 76.9 Å². The van der Waals surface area contributed by atoms with Gasteiger partial charge in [-0.1, -0.05) is 36.4 Å². The molecule has 5 nitrogen and oxygen atoms in total. The summed E-state index contributed by atoms with van der Waals surface area (Å²) in [5.74, 6) is 0. The van der Waals surface area contributed by atoms with Gasteiger partial charge in [-0.2, -0.15) is 26.3 Å². The first kappa shape index (κ1) is 31.3. The summed E-state index contributed by atoms with van der Waals surface area (Å²) in [5, 5.41) is 0. The molecule has 1 aliphatic rings. The maximum Gasteiger partial charge on any atom is 0.430 e. The van der Waals surface area contributed by atoms with Crippen LogP contribution < -0.4 is 4.90 Å². The summed E-state index contributed by atoms with van der Waals surface area (Å²) >= 11 is 1.74. The lowest BCUT2D eigenvalue weighted by Crippen LogP contribution is -2.59. The summed E-state index contributed by atoms with van der Waals surface area (Å²) < 4.78 is 96.2. The molecule has 216 valence electrons. The van der Waals surface area contributed by atoms with Gasteiger partial charge in [0.2, 0.25) is 0 Å². The van der Waals surface area contributed by atoms with Crippen molar-refractivity contribution in [2.75, 3.05) is 18.0 Å². The molecule has 0 bridgehead atoms. The van der Waals surface area contributed by atoms with Crippen LogP contribution in [0.3, 0.4) is 0 Å². The van der Waals surface area contributed by atoms with Gasteiger partial charge in [0.05, 0.1) is 12.3 Å². The maximum atomic E-state index is 14.3. The normalized spacial score (nSPS) is 19.3. The number of rotatable bonds is 5. The van der Waals surface area contributed by atoms with E-state index in [1.807, 2.05) is 11.8 Å². The van der Waals surface area contributed by atoms with Gasteiger partial charge in [-0.3, -0.25) is 0 Å². The molecule has 1 heterocycles. The average Bonchev–Trinajstić information content (AvgIpc) is 2.78. The Morgan fingerprint density at radius 1 is 0.923 bits per heavy atom. The van der Waals surface area contributed by atoms with E-state index in [4.69, 9.17) is 9.47 Å². The number of anilines is 1. The molecule has 39 heavy (non-hydrogen) atoms. The molecule has 2 aromatic rings. The SMILES string of the molecule is CC1CN(c2ccc(C(OCc3ccccc3)(C(F)(F)F)C(F)(F)F)cc2I)C(C)CN1C(=O)OC(C)(C)C. The first-order valence-corrected chi connectivity index (χ1v) is 13.3. The Morgan fingerprint density at radius 2 is 1.51 bits per heavy atom. The standard InChI is InChI=1S/C27H31F6IN2O3/c1-17-15-36(23(37)39-24(3,4)5)18(2)14-35(17)22-12-11-20(13-21(22)34)25(26(28,29)30,27(31,32)33)38-16-19-9-7-6-8-10-19/h6-13,17-18H,14-16H2,1-5H3. The number of nitrogens with zero attached hydrogens (tertiary/aromatic N) is 2. The van der Waals surface area contributed by atoms with E-state index in [0.29, 0.717) is 12.2 Å². The average molecular weight is 672 g/mol. The zero-order valence-corrected chi connectivity index (χ0v) is 24.3. The molecule has 0 N–H and O–H groups in total. The van der Waals surface area contributed by atoms with Crippen LogP contribution in [0, 0.1) is 3.57 Å². The Kier molecular flexibility index (Phi) is 9.10. The van der Waals surface area contributed by atoms with Gasteiger partial charge < -0.3 is 19.3 Å². The molecule has 0 spiro atoms. The van der Waals surface area contributed by atoms with Crippen LogP contribution in [0.5, 0.6) is 0 Å². The van der Waals surface area contributed by atoms with Crippen molar-refractivity contribution in [3.05, 3.63) is 63.2 Å². The largest absolute Gasteiger partial charge is 0.444 e. The van der Waals surface area contributed by atoms with Gasteiger partial charge in [0, 0.05) is 34.3 Å². The molecule has 2 unspecified atom stereocenters. The third-order valence-corrected chi connectivity index (χ3v) is 7.24. The van der Waals surface area contributed by atoms with Crippen LogP contribution >= 0.6 is 22.6 Å². The topological polar surface area (TPSA) is 42.0 Å². The summed E-state index contributed by atoms with van der Waals surface area (Å²) in [6, 6.07) is 9.74. The van der Waals surface area contributed by atoms with E-state index in [1.165, 1.54) is 30.3 Å². The number of hydrogen-bond acceptors (Lipinski definition) is 4. The molecule has 12 heteroatoms. The van der Waals surface area contributed by atoms with Crippen molar-refractivity contribution in [2.24, 2.45) is 0 Å². The summed E-state index contributed by atoms with van der Waals surface area (Å²) in [6.45, 7) is 8.58. The molecule has 1 amide bonds. The number of carbonyl (C=O) groups excluding carboxylic acids is 1. The number of alkyl halides is 6. The molecule has 1 aliphatic heterocycles. The van der Waals surface area contributed by atoms with Crippen molar-refractivity contribution in [1.82, 2.24) is 4.90 Å². The number of hydrogen-bond donors (Lipinski definition) is 0. The predicted molar refractivity (Wildman–Crippen MR) is 143 cm³/mol. The van der Waals surface area contributed by atoms with E-state index in [-0.39, 0.29) is 27.8 Å². The minimum atomic E-state index is -5.79. The van der Waals surface area contributed by atoms with E-state index in [2.05, 4.69) is 0 Å². The Bertz CT molecular complexity index is 1140. The van der Waals surface area contributed by atoms with Crippen molar-refractivity contribution in [3.63, 3.8) is 0 Å². The van der Waals surface area contributed by atoms with E-state index in [9.17, 15) is 31.1 Å². The molecule has 3 rings (SSSR count). The second-order valence-corrected chi connectivity index (χ2v) is 11.8. The monoisotopic (exact) mass is 672 g/mol. The lowest BCUT2D eigenvalue weighted by atomic mass is 9.91. The van der Waals surface area contributed by atoms with E-state index < -0.39 is 41.8 Å². The highest BCUT2D eigenvalue weighted by Crippen LogP contribution is 2.54. The summed E-state index contributed by atoms with van der Waals surface area (Å²) in [7, 11) is 0. The van der Waals surface area contributed by atoms with Crippen LogP contribution in [0.15, 0.2) is 48.5 Å². The molecular formula is C27H31F6IN2O3. The van der Waals surface area contributed by atoms with E-state index in [1.54, 1.807) is 61.3 Å². The van der Waals surface area contributed by atoms with Gasteiger partial charge in [-0.25, -0.2) is 4.79 Å². The van der Waals surface area contributed by atoms with Gasteiger partial charge in [0.15, 0.2) is 0 Å². The number of piperazine rings is 1. The first-order valence-electron chi connectivity index (χ1n) is 12.2. The Labute approximate surface area is 237 Å². The molecule has 2 aromatic carbocycles.